The molecule has 0 N–H and O–H groups in total. The quantitative estimate of drug-likeness (QED) is 0.792. The van der Waals surface area contributed by atoms with Gasteiger partial charge in [0.05, 0.1) is 0 Å². The molecule has 2 aliphatic rings. The van der Waals surface area contributed by atoms with Crippen LogP contribution in [0, 0.1) is 0 Å². The highest BCUT2D eigenvalue weighted by atomic mass is 16.7. The van der Waals surface area contributed by atoms with Crippen molar-refractivity contribution in [2.24, 2.45) is 0 Å². The maximum atomic E-state index is 12.3. The van der Waals surface area contributed by atoms with E-state index in [0.29, 0.717) is 13.3 Å². The smallest absolute Gasteiger partial charge is 0.231 e. The fourth-order valence-electron chi connectivity index (χ4n) is 4.07. The first-order valence-electron chi connectivity index (χ1n) is 9.81. The number of carbonyl (C=O) groups is 1. The Morgan fingerprint density at radius 3 is 2.89 bits per heavy atom. The average molecular weight is 382 g/mol. The first-order valence-corrected chi connectivity index (χ1v) is 9.81. The predicted molar refractivity (Wildman–Crippen MR) is 104 cm³/mol. The molecule has 148 valence electrons. The van der Waals surface area contributed by atoms with Crippen LogP contribution in [0.4, 0.5) is 0 Å². The molecule has 0 saturated carbocycles. The van der Waals surface area contributed by atoms with Gasteiger partial charge in [-0.05, 0) is 31.9 Å². The van der Waals surface area contributed by atoms with Crippen molar-refractivity contribution in [2.75, 3.05) is 19.9 Å². The van der Waals surface area contributed by atoms with Crippen LogP contribution in [0.1, 0.15) is 37.3 Å². The Kier molecular flexibility index (Phi) is 5.71. The van der Waals surface area contributed by atoms with Gasteiger partial charge in [0.1, 0.15) is 6.33 Å². The van der Waals surface area contributed by atoms with Crippen LogP contribution < -0.4 is 9.47 Å². The van der Waals surface area contributed by atoms with Crippen molar-refractivity contribution in [1.82, 2.24) is 19.8 Å². The molecule has 0 bridgehead atoms. The van der Waals surface area contributed by atoms with Crippen molar-refractivity contribution in [2.45, 2.75) is 45.3 Å². The summed E-state index contributed by atoms with van der Waals surface area (Å²) in [6.45, 7) is 5.32. The zero-order valence-corrected chi connectivity index (χ0v) is 16.2. The number of para-hydroxylation sites is 1. The summed E-state index contributed by atoms with van der Waals surface area (Å²) in [5, 5.41) is 0. The molecule has 1 aromatic carbocycles. The van der Waals surface area contributed by atoms with Gasteiger partial charge in [0, 0.05) is 56.1 Å². The molecular weight excluding hydrogens is 356 g/mol. The lowest BCUT2D eigenvalue weighted by atomic mass is 10.1. The van der Waals surface area contributed by atoms with Gasteiger partial charge in [-0.2, -0.15) is 0 Å². The van der Waals surface area contributed by atoms with Gasteiger partial charge in [-0.1, -0.05) is 12.1 Å². The fourth-order valence-corrected chi connectivity index (χ4v) is 4.07. The fraction of sp³-hybridized carbons (Fsp3) is 0.476. The second-order valence-electron chi connectivity index (χ2n) is 7.41. The van der Waals surface area contributed by atoms with Crippen LogP contribution >= 0.6 is 0 Å². The molecule has 1 fully saturated rings. The molecular formula is C21H26N4O3. The van der Waals surface area contributed by atoms with Gasteiger partial charge in [-0.3, -0.25) is 9.69 Å². The monoisotopic (exact) mass is 382 g/mol. The normalized spacial score (nSPS) is 19.2. The van der Waals surface area contributed by atoms with Crippen molar-refractivity contribution in [3.8, 4) is 11.5 Å². The SMILES string of the molecule is CC(=O)N(Cc1cncnc1)C1CCCN(Cc2cccc3c2OCO3)CC1. The third-order valence-electron chi connectivity index (χ3n) is 5.47. The molecule has 7 nitrogen and oxygen atoms in total. The van der Waals surface area contributed by atoms with Crippen LogP contribution in [0.3, 0.4) is 0 Å². The summed E-state index contributed by atoms with van der Waals surface area (Å²) in [6, 6.07) is 6.31. The minimum absolute atomic E-state index is 0.105. The van der Waals surface area contributed by atoms with E-state index in [1.54, 1.807) is 19.3 Å². The number of rotatable bonds is 5. The van der Waals surface area contributed by atoms with Gasteiger partial charge < -0.3 is 14.4 Å². The molecule has 0 aliphatic carbocycles. The second-order valence-corrected chi connectivity index (χ2v) is 7.41. The van der Waals surface area contributed by atoms with E-state index in [9.17, 15) is 4.79 Å². The number of fused-ring (bicyclic) bond motifs is 1. The van der Waals surface area contributed by atoms with Gasteiger partial charge in [0.25, 0.3) is 0 Å². The van der Waals surface area contributed by atoms with Crippen molar-refractivity contribution < 1.29 is 14.3 Å². The number of amides is 1. The van der Waals surface area contributed by atoms with Crippen LogP contribution in [0.2, 0.25) is 0 Å². The number of hydrogen-bond acceptors (Lipinski definition) is 6. The lowest BCUT2D eigenvalue weighted by molar-refractivity contribution is -0.132. The Bertz CT molecular complexity index is 815. The molecule has 2 aliphatic heterocycles. The maximum absolute atomic E-state index is 12.3. The summed E-state index contributed by atoms with van der Waals surface area (Å²) in [5.41, 5.74) is 2.13. The summed E-state index contributed by atoms with van der Waals surface area (Å²) in [5.74, 6) is 1.81. The van der Waals surface area contributed by atoms with E-state index in [2.05, 4.69) is 20.9 Å². The molecule has 1 amide bonds. The average Bonchev–Trinajstić information content (AvgIpc) is 3.08. The van der Waals surface area contributed by atoms with Gasteiger partial charge in [0.15, 0.2) is 11.5 Å². The van der Waals surface area contributed by atoms with Gasteiger partial charge in [0.2, 0.25) is 12.7 Å². The first-order chi connectivity index (χ1) is 13.7. The van der Waals surface area contributed by atoms with E-state index < -0.39 is 0 Å². The summed E-state index contributed by atoms with van der Waals surface area (Å²) in [6.07, 6.45) is 8.11. The number of ether oxygens (including phenoxy) is 2. The highest BCUT2D eigenvalue weighted by Crippen LogP contribution is 2.36. The number of nitrogens with zero attached hydrogens (tertiary/aromatic N) is 4. The van der Waals surface area contributed by atoms with E-state index in [4.69, 9.17) is 9.47 Å². The Morgan fingerprint density at radius 1 is 1.21 bits per heavy atom. The first kappa shape index (κ1) is 18.7. The number of aromatic nitrogens is 2. The van der Waals surface area contributed by atoms with Crippen LogP contribution in [-0.4, -0.2) is 51.6 Å². The molecule has 3 heterocycles. The van der Waals surface area contributed by atoms with E-state index >= 15 is 0 Å². The molecule has 1 aromatic heterocycles. The van der Waals surface area contributed by atoms with Crippen LogP contribution in [0.25, 0.3) is 0 Å². The van der Waals surface area contributed by atoms with Gasteiger partial charge >= 0.3 is 0 Å². The molecule has 1 saturated heterocycles. The Morgan fingerprint density at radius 2 is 2.07 bits per heavy atom. The topological polar surface area (TPSA) is 67.8 Å². The zero-order valence-electron chi connectivity index (χ0n) is 16.2. The number of benzene rings is 1. The van der Waals surface area contributed by atoms with Crippen molar-refractivity contribution in [3.05, 3.63) is 48.0 Å². The summed E-state index contributed by atoms with van der Waals surface area (Å²) in [4.78, 5) is 24.9. The molecule has 28 heavy (non-hydrogen) atoms. The summed E-state index contributed by atoms with van der Waals surface area (Å²) in [7, 11) is 0. The molecule has 4 rings (SSSR count). The lowest BCUT2D eigenvalue weighted by Gasteiger charge is -2.30. The molecule has 0 spiro atoms. The van der Waals surface area contributed by atoms with Crippen molar-refractivity contribution >= 4 is 5.91 Å². The lowest BCUT2D eigenvalue weighted by Crippen LogP contribution is -2.39. The van der Waals surface area contributed by atoms with E-state index in [1.165, 1.54) is 11.9 Å². The van der Waals surface area contributed by atoms with Crippen molar-refractivity contribution in [3.63, 3.8) is 0 Å². The third-order valence-corrected chi connectivity index (χ3v) is 5.47. The standard InChI is InChI=1S/C21H26N4O3/c1-16(26)25(12-17-10-22-14-23-11-17)19-5-3-8-24(9-7-19)13-18-4-2-6-20-21(18)28-15-27-20/h2,4,6,10-11,14,19H,3,5,7-9,12-13,15H2,1H3. The molecule has 1 atom stereocenters. The number of likely N-dealkylation sites (tertiary alicyclic amines) is 1. The Balaban J connectivity index is 1.40. The summed E-state index contributed by atoms with van der Waals surface area (Å²) < 4.78 is 11.1. The van der Waals surface area contributed by atoms with Crippen LogP contribution in [0.5, 0.6) is 11.5 Å². The number of hydrogen-bond donors (Lipinski definition) is 0. The Hall–Kier alpha value is -2.67. The van der Waals surface area contributed by atoms with E-state index in [-0.39, 0.29) is 11.9 Å². The Labute approximate surface area is 165 Å². The minimum Gasteiger partial charge on any atom is -0.454 e. The highest BCUT2D eigenvalue weighted by Gasteiger charge is 2.26. The van der Waals surface area contributed by atoms with E-state index in [0.717, 1.165) is 56.0 Å². The largest absolute Gasteiger partial charge is 0.454 e. The van der Waals surface area contributed by atoms with Gasteiger partial charge in [-0.15, -0.1) is 0 Å². The molecule has 7 heteroatoms. The maximum Gasteiger partial charge on any atom is 0.231 e. The second kappa shape index (κ2) is 8.56. The predicted octanol–water partition coefficient (Wildman–Crippen LogP) is 2.61. The van der Waals surface area contributed by atoms with Gasteiger partial charge in [-0.25, -0.2) is 9.97 Å². The highest BCUT2D eigenvalue weighted by molar-refractivity contribution is 5.73. The number of carbonyl (C=O) groups excluding carboxylic acids is 1. The minimum atomic E-state index is 0.105. The molecule has 0 radical (unpaired) electrons. The van der Waals surface area contributed by atoms with E-state index in [1.807, 2.05) is 17.0 Å². The van der Waals surface area contributed by atoms with Crippen molar-refractivity contribution in [1.29, 1.82) is 0 Å². The van der Waals surface area contributed by atoms with Crippen LogP contribution in [0.15, 0.2) is 36.9 Å². The molecule has 1 unspecified atom stereocenters. The third kappa shape index (κ3) is 4.25. The zero-order chi connectivity index (χ0) is 19.3. The van der Waals surface area contributed by atoms with Crippen LogP contribution in [-0.2, 0) is 17.9 Å². The summed E-state index contributed by atoms with van der Waals surface area (Å²) >= 11 is 0. The molecule has 2 aromatic rings.